The Labute approximate surface area is 241 Å². The van der Waals surface area contributed by atoms with Crippen molar-refractivity contribution in [3.63, 3.8) is 0 Å². The average molecular weight is 575 g/mol. The molecule has 2 aromatic rings. The number of urea groups is 1. The van der Waals surface area contributed by atoms with E-state index in [-0.39, 0.29) is 48.0 Å². The zero-order valence-electron chi connectivity index (χ0n) is 24.0. The largest absolute Gasteiger partial charge is 0.493 e. The highest BCUT2D eigenvalue weighted by Gasteiger charge is 2.53. The number of carbonyl (C=O) groups excluding carboxylic acids is 3. The maximum atomic E-state index is 13.7. The fraction of sp³-hybridized carbons (Fsp3) is 0.500. The summed E-state index contributed by atoms with van der Waals surface area (Å²) in [6.07, 6.45) is 0.789. The number of esters is 1. The van der Waals surface area contributed by atoms with Crippen LogP contribution in [0.2, 0.25) is 5.02 Å². The molecule has 1 saturated carbocycles. The van der Waals surface area contributed by atoms with Gasteiger partial charge in [0.05, 0.1) is 44.1 Å². The van der Waals surface area contributed by atoms with Gasteiger partial charge in [-0.1, -0.05) is 41.9 Å². The Kier molecular flexibility index (Phi) is 10.8. The lowest BCUT2D eigenvalue weighted by Crippen LogP contribution is -2.51. The van der Waals surface area contributed by atoms with Gasteiger partial charge >= 0.3 is 12.0 Å². The second kappa shape index (κ2) is 13.9. The minimum atomic E-state index is -1.04. The van der Waals surface area contributed by atoms with E-state index in [4.69, 9.17) is 30.5 Å². The molecule has 10 heteroatoms. The predicted molar refractivity (Wildman–Crippen MR) is 152 cm³/mol. The molecule has 0 spiro atoms. The van der Waals surface area contributed by atoms with Gasteiger partial charge in [-0.05, 0) is 59.1 Å². The summed E-state index contributed by atoms with van der Waals surface area (Å²) >= 11 is 6.84. The standard InChI is InChI=1S/C30H39ClN2O7/c1-7-38-24-18-23(26(31)27(39-8-2)25(24)20(4)34)19(3)33(29(36)32-30(14-15-30)28(35)37-6)16-17-40-21(5)22-12-10-9-11-13-22/h9-13,18-19,21H,7-8,14-17H2,1-6H3,(H,32,36). The molecule has 1 fully saturated rings. The van der Waals surface area contributed by atoms with E-state index in [1.165, 1.54) is 14.0 Å². The molecule has 0 aliphatic heterocycles. The van der Waals surface area contributed by atoms with Gasteiger partial charge in [0.15, 0.2) is 11.5 Å². The molecule has 1 aliphatic carbocycles. The van der Waals surface area contributed by atoms with Crippen molar-refractivity contribution in [2.24, 2.45) is 0 Å². The Morgan fingerprint density at radius 3 is 2.27 bits per heavy atom. The van der Waals surface area contributed by atoms with Crippen LogP contribution in [-0.2, 0) is 14.3 Å². The summed E-state index contributed by atoms with van der Waals surface area (Å²) < 4.78 is 22.6. The molecule has 2 atom stereocenters. The van der Waals surface area contributed by atoms with Crippen molar-refractivity contribution in [3.05, 3.63) is 58.1 Å². The molecule has 0 aromatic heterocycles. The molecule has 1 N–H and O–H groups in total. The van der Waals surface area contributed by atoms with Gasteiger partial charge in [0.2, 0.25) is 0 Å². The number of nitrogens with zero attached hydrogens (tertiary/aromatic N) is 1. The van der Waals surface area contributed by atoms with Crippen molar-refractivity contribution in [2.75, 3.05) is 33.5 Å². The van der Waals surface area contributed by atoms with Gasteiger partial charge in [-0.3, -0.25) is 4.79 Å². The summed E-state index contributed by atoms with van der Waals surface area (Å²) in [4.78, 5) is 40.1. The average Bonchev–Trinajstić information content (AvgIpc) is 3.72. The Balaban J connectivity index is 1.96. The van der Waals surface area contributed by atoms with E-state index in [0.29, 0.717) is 30.8 Å². The molecule has 0 radical (unpaired) electrons. The summed E-state index contributed by atoms with van der Waals surface area (Å²) in [7, 11) is 1.30. The number of Topliss-reactive ketones (excluding diaryl/α,β-unsaturated/α-hetero) is 1. The van der Waals surface area contributed by atoms with E-state index in [0.717, 1.165) is 5.56 Å². The Morgan fingerprint density at radius 2 is 1.73 bits per heavy atom. The fourth-order valence-corrected chi connectivity index (χ4v) is 4.94. The van der Waals surface area contributed by atoms with E-state index in [9.17, 15) is 14.4 Å². The summed E-state index contributed by atoms with van der Waals surface area (Å²) in [6, 6.07) is 10.4. The number of rotatable bonds is 14. The van der Waals surface area contributed by atoms with Crippen LogP contribution in [0.25, 0.3) is 0 Å². The third kappa shape index (κ3) is 7.06. The maximum absolute atomic E-state index is 13.7. The number of hydrogen-bond acceptors (Lipinski definition) is 7. The summed E-state index contributed by atoms with van der Waals surface area (Å²) in [6.45, 7) is 9.81. The number of hydrogen-bond donors (Lipinski definition) is 1. The van der Waals surface area contributed by atoms with Crippen LogP contribution in [0.3, 0.4) is 0 Å². The molecule has 0 heterocycles. The Bertz CT molecular complexity index is 1200. The monoisotopic (exact) mass is 574 g/mol. The van der Waals surface area contributed by atoms with Gasteiger partial charge in [-0.2, -0.15) is 0 Å². The fourth-order valence-electron chi connectivity index (χ4n) is 4.58. The highest BCUT2D eigenvalue weighted by Crippen LogP contribution is 2.43. The number of benzene rings is 2. The lowest BCUT2D eigenvalue weighted by molar-refractivity contribution is -0.144. The first-order valence-electron chi connectivity index (χ1n) is 13.6. The number of amides is 2. The number of ether oxygens (including phenoxy) is 4. The second-order valence-electron chi connectivity index (χ2n) is 9.70. The van der Waals surface area contributed by atoms with Crippen LogP contribution in [-0.4, -0.2) is 61.7 Å². The normalized spacial score (nSPS) is 15.0. The lowest BCUT2D eigenvalue weighted by Gasteiger charge is -2.33. The number of ketones is 1. The molecular formula is C30H39ClN2O7. The van der Waals surface area contributed by atoms with Gasteiger partial charge in [0.1, 0.15) is 16.9 Å². The third-order valence-corrected chi connectivity index (χ3v) is 7.36. The highest BCUT2D eigenvalue weighted by atomic mass is 35.5. The first-order valence-corrected chi connectivity index (χ1v) is 13.9. The van der Waals surface area contributed by atoms with Gasteiger partial charge in [0, 0.05) is 12.1 Å². The van der Waals surface area contributed by atoms with Crippen molar-refractivity contribution >= 4 is 29.4 Å². The number of methoxy groups -OCH3 is 1. The minimum Gasteiger partial charge on any atom is -0.493 e. The zero-order valence-corrected chi connectivity index (χ0v) is 24.8. The number of carbonyl (C=O) groups is 3. The Hall–Kier alpha value is -3.30. The van der Waals surface area contributed by atoms with E-state index in [1.807, 2.05) is 51.1 Å². The molecule has 2 unspecified atom stereocenters. The third-order valence-electron chi connectivity index (χ3n) is 6.97. The van der Waals surface area contributed by atoms with Crippen LogP contribution >= 0.6 is 11.6 Å². The van der Waals surface area contributed by atoms with E-state index in [2.05, 4.69) is 5.32 Å². The first-order chi connectivity index (χ1) is 19.1. The Morgan fingerprint density at radius 1 is 1.07 bits per heavy atom. The van der Waals surface area contributed by atoms with Crippen LogP contribution in [0.1, 0.15) is 81.1 Å². The summed E-state index contributed by atoms with van der Waals surface area (Å²) in [5.41, 5.74) is 0.757. The van der Waals surface area contributed by atoms with Crippen molar-refractivity contribution < 1.29 is 33.3 Å². The molecule has 218 valence electrons. The van der Waals surface area contributed by atoms with Crippen LogP contribution < -0.4 is 14.8 Å². The van der Waals surface area contributed by atoms with Gasteiger partial charge in [-0.25, -0.2) is 9.59 Å². The molecule has 1 aliphatic rings. The van der Waals surface area contributed by atoms with Gasteiger partial charge in [0.25, 0.3) is 0 Å². The van der Waals surface area contributed by atoms with Crippen LogP contribution in [0.15, 0.2) is 36.4 Å². The molecule has 2 amide bonds. The van der Waals surface area contributed by atoms with Crippen molar-refractivity contribution in [2.45, 2.75) is 65.1 Å². The van der Waals surface area contributed by atoms with Crippen LogP contribution in [0, 0.1) is 0 Å². The van der Waals surface area contributed by atoms with E-state index in [1.54, 1.807) is 17.9 Å². The first kappa shape index (κ1) is 31.2. The summed E-state index contributed by atoms with van der Waals surface area (Å²) in [5.74, 6) is -0.192. The van der Waals surface area contributed by atoms with Crippen LogP contribution in [0.5, 0.6) is 11.5 Å². The van der Waals surface area contributed by atoms with Crippen LogP contribution in [0.4, 0.5) is 4.79 Å². The molecule has 2 aromatic carbocycles. The highest BCUT2D eigenvalue weighted by molar-refractivity contribution is 6.33. The quantitative estimate of drug-likeness (QED) is 0.221. The second-order valence-corrected chi connectivity index (χ2v) is 10.1. The number of halogens is 1. The lowest BCUT2D eigenvalue weighted by atomic mass is 10.00. The molecule has 3 rings (SSSR count). The minimum absolute atomic E-state index is 0.195. The van der Waals surface area contributed by atoms with Crippen molar-refractivity contribution in [1.29, 1.82) is 0 Å². The zero-order chi connectivity index (χ0) is 29.4. The molecule has 9 nitrogen and oxygen atoms in total. The maximum Gasteiger partial charge on any atom is 0.331 e. The number of nitrogens with one attached hydrogen (secondary N) is 1. The summed E-state index contributed by atoms with van der Waals surface area (Å²) in [5, 5.41) is 3.08. The topological polar surface area (TPSA) is 103 Å². The SMILES string of the molecule is CCOc1cc(C(C)N(CCOC(C)c2ccccc2)C(=O)NC2(C(=O)OC)CC2)c(Cl)c(OCC)c1C(C)=O. The van der Waals surface area contributed by atoms with Gasteiger partial charge < -0.3 is 29.2 Å². The molecule has 0 bridgehead atoms. The molecule has 0 saturated heterocycles. The van der Waals surface area contributed by atoms with Crippen molar-refractivity contribution in [3.8, 4) is 11.5 Å². The van der Waals surface area contributed by atoms with E-state index < -0.39 is 23.6 Å². The molecular weight excluding hydrogens is 536 g/mol. The van der Waals surface area contributed by atoms with Crippen molar-refractivity contribution in [1.82, 2.24) is 10.2 Å². The smallest absolute Gasteiger partial charge is 0.331 e. The van der Waals surface area contributed by atoms with E-state index >= 15 is 0 Å². The predicted octanol–water partition coefficient (Wildman–Crippen LogP) is 5.90. The molecule has 40 heavy (non-hydrogen) atoms. The van der Waals surface area contributed by atoms with Gasteiger partial charge in [-0.15, -0.1) is 0 Å².